The molecule has 614 valence electrons. The van der Waals surface area contributed by atoms with E-state index in [4.69, 9.17) is 86.5 Å². The third-order valence-electron chi connectivity index (χ3n) is 22.6. The van der Waals surface area contributed by atoms with Crippen molar-refractivity contribution in [2.24, 2.45) is 34.1 Å². The van der Waals surface area contributed by atoms with E-state index in [0.717, 1.165) is 44.7 Å². The maximum Gasteiger partial charge on any atom is 0.216 e. The Morgan fingerprint density at radius 3 is 0.901 bits per heavy atom. The van der Waals surface area contributed by atoms with Crippen LogP contribution in [0.5, 0.6) is 0 Å². The van der Waals surface area contributed by atoms with Gasteiger partial charge >= 0.3 is 0 Å². The molecule has 0 spiro atoms. The minimum absolute atomic E-state index is 0.0236. The van der Waals surface area contributed by atoms with Gasteiger partial charge in [0.1, 0.15) is 72.9 Å². The monoisotopic (exact) mass is 1630 g/mol. The first kappa shape index (κ1) is 54.6. The first-order chi connectivity index (χ1) is 69.4. The van der Waals surface area contributed by atoms with Crippen molar-refractivity contribution >= 4 is 111 Å². The molecule has 0 saturated carbocycles. The number of furan rings is 4. The van der Waals surface area contributed by atoms with Gasteiger partial charge in [-0.05, 0) is 172 Å². The Morgan fingerprint density at radius 1 is 0.322 bits per heavy atom. The van der Waals surface area contributed by atoms with Crippen molar-refractivity contribution in [1.29, 1.82) is 0 Å². The van der Waals surface area contributed by atoms with E-state index in [0.29, 0.717) is 139 Å². The van der Waals surface area contributed by atoms with E-state index >= 15 is 0 Å². The lowest BCUT2D eigenvalue weighted by molar-refractivity contribution is -0.666. The maximum absolute atomic E-state index is 9.07. The summed E-state index contributed by atoms with van der Waals surface area (Å²) in [6.45, 7) is 44.0. The van der Waals surface area contributed by atoms with Gasteiger partial charge in [-0.25, -0.2) is 19.4 Å². The molecule has 16 rings (SSSR count). The molecule has 0 aliphatic rings. The summed E-state index contributed by atoms with van der Waals surface area (Å²) in [6, 6.07) is 33.9. The Bertz CT molecular complexity index is 8570. The molecule has 0 bridgehead atoms. The predicted molar refractivity (Wildman–Crippen MR) is 501 cm³/mol. The Kier molecular flexibility index (Phi) is 15.5. The number of aryl methyl sites for hydroxylation is 6. The van der Waals surface area contributed by atoms with Gasteiger partial charge in [-0.1, -0.05) is 183 Å². The van der Waals surface area contributed by atoms with Crippen LogP contribution in [0.15, 0.2) is 163 Å². The SMILES string of the molecule is [2H]C([2H])([2H])C([2H])(C)c1cc(C)[n+](C)c(-c2c(C)ccc3c2oc2cc([N+]#[C-])c(C([2H])(C)C([2H])([2H])[2H])cc23)c1.[2H]C([2H])(c1cc(C)[n+](C)c(-c2c(C)ccc3c2oc2cc([N+]#[C-])c(C([2H])(C)C([2H])([2H])[2H])cc23)c1)C(C)C.[2H]c1c(C([2H])(C)C([2H])([2H])[2H])c([2H])c(-c2c(C)ccc3c2oc2cc([N+]#[C-])c(C([2H])(C)C([2H])([2H])[2H])cc23)[n+](C)c1C.[2H]c1c(C([2H])(C)C)c([2H])c(-c2c(C)ccc3c2oc2cc([N+]#[C-])c(C([2H])(C)C([2H])([2H])[2H])cc23)[n+](C)c1C. The summed E-state index contributed by atoms with van der Waals surface area (Å²) in [5.41, 5.74) is 15.5. The molecule has 121 heavy (non-hydrogen) atoms. The Labute approximate surface area is 759 Å². The second-order valence-electron chi connectivity index (χ2n) is 31.8. The van der Waals surface area contributed by atoms with Gasteiger partial charge < -0.3 is 17.7 Å². The molecule has 0 amide bonds. The highest BCUT2D eigenvalue weighted by atomic mass is 16.3. The Balaban J connectivity index is 0.000000169. The van der Waals surface area contributed by atoms with Crippen LogP contribution in [-0.2, 0) is 34.6 Å². The first-order valence-corrected chi connectivity index (χ1v) is 39.5. The van der Waals surface area contributed by atoms with Crippen molar-refractivity contribution in [3.8, 4) is 45.0 Å². The van der Waals surface area contributed by atoms with E-state index in [2.05, 4.69) is 19.4 Å². The van der Waals surface area contributed by atoms with Crippen molar-refractivity contribution in [1.82, 2.24) is 0 Å². The fourth-order valence-corrected chi connectivity index (χ4v) is 15.6. The predicted octanol–water partition coefficient (Wildman–Crippen LogP) is 30.0. The highest BCUT2D eigenvalue weighted by Crippen LogP contribution is 2.47. The van der Waals surface area contributed by atoms with Crippen LogP contribution in [0.4, 0.5) is 22.7 Å². The number of nitrogens with zero attached hydrogens (tertiary/aromatic N) is 8. The molecule has 0 N–H and O–H groups in total. The summed E-state index contributed by atoms with van der Waals surface area (Å²) >= 11 is 0. The summed E-state index contributed by atoms with van der Waals surface area (Å²) in [7, 11) is 7.21. The summed E-state index contributed by atoms with van der Waals surface area (Å²) in [4.78, 5) is 14.0. The largest absolute Gasteiger partial charge is 0.456 e. The second-order valence-corrected chi connectivity index (χ2v) is 31.8. The molecular formula is C109H118N8O4+4. The van der Waals surface area contributed by atoms with E-state index < -0.39 is 88.7 Å². The van der Waals surface area contributed by atoms with Crippen molar-refractivity contribution in [3.63, 3.8) is 0 Å². The number of hydrogen-bond donors (Lipinski definition) is 0. The molecule has 8 heterocycles. The van der Waals surface area contributed by atoms with Gasteiger partial charge in [0, 0.05) is 156 Å². The minimum Gasteiger partial charge on any atom is -0.456 e. The number of hydrogen-bond acceptors (Lipinski definition) is 4. The van der Waals surface area contributed by atoms with Crippen LogP contribution < -0.4 is 18.3 Å². The van der Waals surface area contributed by atoms with E-state index in [9.17, 15) is 0 Å². The van der Waals surface area contributed by atoms with Crippen LogP contribution in [0.3, 0.4) is 0 Å². The van der Waals surface area contributed by atoms with Crippen LogP contribution in [-0.4, -0.2) is 0 Å². The fraction of sp³-hybridized carbons (Fsp3) is 0.339. The molecule has 0 fully saturated rings. The van der Waals surface area contributed by atoms with E-state index in [1.54, 1.807) is 100 Å². The molecule has 8 aromatic carbocycles. The zero-order chi connectivity index (χ0) is 114. The van der Waals surface area contributed by atoms with Gasteiger partial charge in [-0.3, -0.25) is 0 Å². The molecule has 0 radical (unpaired) electrons. The molecule has 12 heteroatoms. The summed E-state index contributed by atoms with van der Waals surface area (Å²) in [5, 5.41) is 4.89. The molecule has 6 atom stereocenters. The van der Waals surface area contributed by atoms with Gasteiger partial charge in [-0.15, -0.1) is 0 Å². The van der Waals surface area contributed by atoms with Gasteiger partial charge in [0.15, 0.2) is 45.5 Å². The lowest BCUT2D eigenvalue weighted by Gasteiger charge is -2.11. The average molecular weight is 1640 g/mol. The van der Waals surface area contributed by atoms with Gasteiger partial charge in [-0.2, -0.15) is 18.3 Å². The normalized spacial score (nSPS) is 19.2. The molecule has 16 aromatic rings. The quantitative estimate of drug-likeness (QED) is 0.0850. The van der Waals surface area contributed by atoms with Crippen molar-refractivity contribution in [3.05, 3.63) is 281 Å². The molecule has 0 saturated heterocycles. The zero-order valence-electron chi connectivity index (χ0n) is 103. The van der Waals surface area contributed by atoms with Gasteiger partial charge in [0.05, 0.1) is 54.0 Å². The molecule has 12 nitrogen and oxygen atoms in total. The van der Waals surface area contributed by atoms with Crippen LogP contribution in [0, 0.1) is 87.6 Å². The molecule has 0 aliphatic heterocycles. The van der Waals surface area contributed by atoms with Crippen molar-refractivity contribution < 1.29 is 78.4 Å². The van der Waals surface area contributed by atoms with Crippen molar-refractivity contribution in [2.45, 2.75) is 213 Å². The zero-order valence-corrected chi connectivity index (χ0v) is 72.3. The highest BCUT2D eigenvalue weighted by Gasteiger charge is 2.31. The van der Waals surface area contributed by atoms with E-state index in [1.807, 2.05) is 120 Å². The van der Waals surface area contributed by atoms with Crippen LogP contribution in [0.2, 0.25) is 0 Å². The van der Waals surface area contributed by atoms with Crippen molar-refractivity contribution in [2.75, 3.05) is 0 Å². The number of fused-ring (bicyclic) bond motifs is 12. The number of benzene rings is 8. The standard InChI is InChI=1S/C28H31N2O.3C27H29N2O/c1-16(2)11-20-12-19(6)30(8)25(13-20)27-18(5)9-10-21-23-14-22(17(3)4)24(29-7)15-26(23)31-28(21)27;3*1-15(2)19-11-18(6)29(8)24(12-19)26-17(5)9-10-20-22-13-21(16(3)4)23(28-7)14-25(22)30-27(20)26/h9-10,12-17H,11H2,1-6,8H3;3*9-16H,1-6,8H3/q4*+1/i3D3,11D2,17D;1D3,3D3,11D,12D,15D,16D;3D3,11D,12D,15D,16D;1D3,3D3,15D,16D. The molecular weight excluding hydrogens is 1490 g/mol. The Morgan fingerprint density at radius 2 is 0.603 bits per heavy atom. The third kappa shape index (κ3) is 16.2. The lowest BCUT2D eigenvalue weighted by Crippen LogP contribution is -2.35. The number of pyridine rings is 4. The average Bonchev–Trinajstić information content (AvgIpc) is 1.41. The lowest BCUT2D eigenvalue weighted by atomic mass is 9.95. The second kappa shape index (κ2) is 34.3. The smallest absolute Gasteiger partial charge is 0.216 e. The molecule has 0 aliphatic carbocycles. The summed E-state index contributed by atoms with van der Waals surface area (Å²) in [5.74, 6) is -13.5. The van der Waals surface area contributed by atoms with Crippen LogP contribution in [0.1, 0.15) is 284 Å². The summed E-state index contributed by atoms with van der Waals surface area (Å²) < 4.78 is 287. The topological polar surface area (TPSA) is 85.5 Å². The highest BCUT2D eigenvalue weighted by molar-refractivity contribution is 6.14. The minimum atomic E-state index is -2.80. The van der Waals surface area contributed by atoms with E-state index in [-0.39, 0.29) is 91.9 Å². The Hall–Kier alpha value is -12.5. The number of aromatic nitrogens is 4. The van der Waals surface area contributed by atoms with E-state index in [1.165, 1.54) is 71.9 Å². The fourth-order valence-electron chi connectivity index (χ4n) is 15.6. The van der Waals surface area contributed by atoms with Crippen LogP contribution in [0.25, 0.3) is 152 Å². The maximum atomic E-state index is 9.07. The number of rotatable bonds is 13. The molecule has 8 aromatic heterocycles. The summed E-state index contributed by atoms with van der Waals surface area (Å²) in [6.07, 6.45) is -1.53. The van der Waals surface area contributed by atoms with Crippen LogP contribution >= 0.6 is 0 Å². The third-order valence-corrected chi connectivity index (χ3v) is 22.6. The van der Waals surface area contributed by atoms with Gasteiger partial charge in [0.2, 0.25) is 22.8 Å². The van der Waals surface area contributed by atoms with Gasteiger partial charge in [0.25, 0.3) is 0 Å². The molecule has 6 unspecified atom stereocenters. The first-order valence-electron chi connectivity index (χ1n) is 55.0.